The molecule has 0 spiro atoms. The second kappa shape index (κ2) is 18.0. The number of halogens is 1. The summed E-state index contributed by atoms with van der Waals surface area (Å²) in [5, 5.41) is 4.05. The van der Waals surface area contributed by atoms with E-state index in [1.54, 1.807) is 6.08 Å². The predicted octanol–water partition coefficient (Wildman–Crippen LogP) is 5.67. The molecule has 12 atom stereocenters. The normalized spacial score (nSPS) is 33.8. The Morgan fingerprint density at radius 3 is 1.92 bits per heavy atom. The fourth-order valence-corrected chi connectivity index (χ4v) is 6.89. The van der Waals surface area contributed by atoms with Crippen LogP contribution in [0.25, 0.3) is 10.4 Å². The molecule has 0 amide bonds. The highest BCUT2D eigenvalue weighted by molar-refractivity contribution is 6.26. The van der Waals surface area contributed by atoms with Crippen molar-refractivity contribution in [2.45, 2.75) is 80.5 Å². The van der Waals surface area contributed by atoms with Gasteiger partial charge in [0.1, 0.15) is 54.6 Å². The Morgan fingerprint density at radius 1 is 0.792 bits per heavy atom. The molecular weight excluding hydrogens is 710 g/mol. The summed E-state index contributed by atoms with van der Waals surface area (Å²) < 4.78 is 63.4. The maximum atomic E-state index is 12.8. The zero-order valence-electron chi connectivity index (χ0n) is 28.6. The van der Waals surface area contributed by atoms with Crippen molar-refractivity contribution >= 4 is 17.6 Å². The quantitative estimate of drug-likeness (QED) is 0.0530. The highest BCUT2D eigenvalue weighted by Gasteiger charge is 2.57. The van der Waals surface area contributed by atoms with Crippen LogP contribution in [0.15, 0.2) is 109 Å². The standard InChI is InChI=1S/C38H40ClN3O11/c1-2-18-44-38-34(45-20-23-12-6-3-7-13-23)33(31-27(49-38)22-47-36(52-31)25-16-10-5-11-17-25)53-37-29(41-42-40)32(50-28(43)19-39)30-26(48-37)21-46-35(51-30)24-14-8-4-9-15-24/h2-17,26-27,29-38H,1,18-22H2/t26-,27-,29-,30+,31+,32-,33+,34-,35+,36+,37+,38-/m1/s1. The van der Waals surface area contributed by atoms with Crippen LogP contribution in [0, 0.1) is 0 Å². The van der Waals surface area contributed by atoms with Gasteiger partial charge in [0.25, 0.3) is 0 Å². The molecule has 3 aromatic carbocycles. The van der Waals surface area contributed by atoms with E-state index >= 15 is 0 Å². The molecule has 3 aromatic rings. The molecule has 280 valence electrons. The zero-order valence-corrected chi connectivity index (χ0v) is 29.4. The van der Waals surface area contributed by atoms with Crippen LogP contribution in [-0.2, 0) is 58.8 Å². The average molecular weight is 750 g/mol. The van der Waals surface area contributed by atoms with Crippen molar-refractivity contribution in [3.8, 4) is 0 Å². The van der Waals surface area contributed by atoms with E-state index in [9.17, 15) is 10.3 Å². The molecule has 0 aliphatic carbocycles. The molecule has 4 saturated heterocycles. The van der Waals surface area contributed by atoms with Crippen LogP contribution in [0.2, 0.25) is 0 Å². The van der Waals surface area contributed by atoms with Crippen LogP contribution in [0.1, 0.15) is 29.3 Å². The van der Waals surface area contributed by atoms with Gasteiger partial charge in [-0.2, -0.15) is 0 Å². The number of benzene rings is 3. The summed E-state index contributed by atoms with van der Waals surface area (Å²) in [4.78, 5) is 15.9. The van der Waals surface area contributed by atoms with Crippen molar-refractivity contribution in [2.75, 3.05) is 25.7 Å². The second-order valence-electron chi connectivity index (χ2n) is 12.7. The predicted molar refractivity (Wildman–Crippen MR) is 187 cm³/mol. The Bertz CT molecular complexity index is 1690. The summed E-state index contributed by atoms with van der Waals surface area (Å²) in [7, 11) is 0. The van der Waals surface area contributed by atoms with E-state index in [0.717, 1.165) is 16.7 Å². The lowest BCUT2D eigenvalue weighted by molar-refractivity contribution is -0.398. The van der Waals surface area contributed by atoms with Gasteiger partial charge in [-0.1, -0.05) is 102 Å². The van der Waals surface area contributed by atoms with Gasteiger partial charge in [0.2, 0.25) is 0 Å². The molecule has 4 aliphatic rings. The zero-order chi connectivity index (χ0) is 36.6. The first-order chi connectivity index (χ1) is 26.1. The monoisotopic (exact) mass is 749 g/mol. The molecule has 0 aromatic heterocycles. The molecular formula is C38H40ClN3O11. The Balaban J connectivity index is 1.23. The van der Waals surface area contributed by atoms with Gasteiger partial charge in [0.15, 0.2) is 25.2 Å². The van der Waals surface area contributed by atoms with Crippen molar-refractivity contribution in [3.05, 3.63) is 131 Å². The molecule has 0 radical (unpaired) electrons. The molecule has 14 nitrogen and oxygen atoms in total. The molecule has 0 saturated carbocycles. The lowest BCUT2D eigenvalue weighted by Gasteiger charge is -2.52. The number of hydrogen-bond donors (Lipinski definition) is 0. The molecule has 7 rings (SSSR count). The van der Waals surface area contributed by atoms with Gasteiger partial charge in [-0.25, -0.2) is 0 Å². The molecule has 15 heteroatoms. The molecule has 0 unspecified atom stereocenters. The summed E-state index contributed by atoms with van der Waals surface area (Å²) in [5.74, 6) is -1.19. The number of hydrogen-bond acceptors (Lipinski definition) is 12. The summed E-state index contributed by atoms with van der Waals surface area (Å²) in [6.07, 6.45) is -8.46. The van der Waals surface area contributed by atoms with Crippen molar-refractivity contribution in [1.29, 1.82) is 0 Å². The fourth-order valence-electron chi connectivity index (χ4n) is 6.83. The van der Waals surface area contributed by atoms with E-state index in [1.807, 2.05) is 91.0 Å². The smallest absolute Gasteiger partial charge is 0.321 e. The number of esters is 1. The van der Waals surface area contributed by atoms with E-state index in [4.69, 9.17) is 59.0 Å². The minimum Gasteiger partial charge on any atom is -0.458 e. The van der Waals surface area contributed by atoms with Gasteiger partial charge in [-0.15, -0.1) is 18.2 Å². The van der Waals surface area contributed by atoms with Gasteiger partial charge in [0.05, 0.1) is 26.4 Å². The molecule has 4 heterocycles. The SMILES string of the molecule is C=CCO[C@@H]1O[C@@H]2CO[C@H](c3ccccc3)O[C@@H]2[C@H](O[C@@H]2O[C@@H]3CO[C@H](c4ccccc4)O[C@@H]3[C@H](OC(=O)CCl)[C@H]2N=[N+]=[N-])[C@H]1OCc1ccccc1. The minimum absolute atomic E-state index is 0.0429. The molecule has 0 N–H and O–H groups in total. The summed E-state index contributed by atoms with van der Waals surface area (Å²) in [6.45, 7) is 4.29. The van der Waals surface area contributed by atoms with Crippen LogP contribution in [0.4, 0.5) is 0 Å². The number of azide groups is 1. The van der Waals surface area contributed by atoms with E-state index in [0.29, 0.717) is 0 Å². The number of fused-ring (bicyclic) bond motifs is 2. The number of alkyl halides is 1. The first-order valence-electron chi connectivity index (χ1n) is 17.3. The average Bonchev–Trinajstić information content (AvgIpc) is 3.21. The van der Waals surface area contributed by atoms with Crippen molar-refractivity contribution in [2.24, 2.45) is 5.11 Å². The van der Waals surface area contributed by atoms with Gasteiger partial charge >= 0.3 is 5.97 Å². The van der Waals surface area contributed by atoms with Gasteiger partial charge in [-0.3, -0.25) is 4.79 Å². The topological polar surface area (TPSA) is 158 Å². The molecule has 0 bridgehead atoms. The Morgan fingerprint density at radius 2 is 1.36 bits per heavy atom. The summed E-state index contributed by atoms with van der Waals surface area (Å²) in [5.41, 5.74) is 12.3. The van der Waals surface area contributed by atoms with Crippen molar-refractivity contribution < 1.29 is 52.2 Å². The van der Waals surface area contributed by atoms with Crippen LogP contribution in [0.3, 0.4) is 0 Å². The van der Waals surface area contributed by atoms with Gasteiger partial charge in [-0.05, 0) is 11.1 Å². The van der Waals surface area contributed by atoms with Crippen LogP contribution < -0.4 is 0 Å². The summed E-state index contributed by atoms with van der Waals surface area (Å²) >= 11 is 5.90. The second-order valence-corrected chi connectivity index (χ2v) is 13.0. The number of rotatable bonds is 13. The molecule has 53 heavy (non-hydrogen) atoms. The van der Waals surface area contributed by atoms with Crippen LogP contribution in [0.5, 0.6) is 0 Å². The van der Waals surface area contributed by atoms with E-state index < -0.39 is 85.8 Å². The first-order valence-corrected chi connectivity index (χ1v) is 17.9. The number of nitrogens with zero attached hydrogens (tertiary/aromatic N) is 3. The van der Waals surface area contributed by atoms with E-state index in [2.05, 4.69) is 16.6 Å². The largest absolute Gasteiger partial charge is 0.458 e. The third-order valence-corrected chi connectivity index (χ3v) is 9.47. The Hall–Kier alpha value is -3.89. The maximum Gasteiger partial charge on any atom is 0.321 e. The lowest BCUT2D eigenvalue weighted by Crippen LogP contribution is -2.67. The maximum absolute atomic E-state index is 12.8. The lowest BCUT2D eigenvalue weighted by atomic mass is 9.94. The third-order valence-electron chi connectivity index (χ3n) is 9.25. The molecule has 4 aliphatic heterocycles. The minimum atomic E-state index is -1.31. The molecule has 4 fully saturated rings. The van der Waals surface area contributed by atoms with Crippen molar-refractivity contribution in [3.63, 3.8) is 0 Å². The van der Waals surface area contributed by atoms with Crippen molar-refractivity contribution in [1.82, 2.24) is 0 Å². The van der Waals surface area contributed by atoms with Gasteiger partial charge in [0, 0.05) is 16.0 Å². The number of carbonyl (C=O) groups is 1. The van der Waals surface area contributed by atoms with E-state index in [1.165, 1.54) is 0 Å². The van der Waals surface area contributed by atoms with E-state index in [-0.39, 0.29) is 26.4 Å². The van der Waals surface area contributed by atoms with Gasteiger partial charge < -0.3 is 47.4 Å². The first kappa shape index (κ1) is 37.4. The van der Waals surface area contributed by atoms with Crippen LogP contribution >= 0.6 is 11.6 Å². The Kier molecular flexibility index (Phi) is 12.7. The fraction of sp³-hybridized carbons (Fsp3) is 0.447. The third kappa shape index (κ3) is 8.75. The Labute approximate surface area is 311 Å². The highest BCUT2D eigenvalue weighted by Crippen LogP contribution is 2.41. The highest BCUT2D eigenvalue weighted by atomic mass is 35.5. The van der Waals surface area contributed by atoms with Crippen LogP contribution in [-0.4, -0.2) is 93.0 Å². The number of carbonyl (C=O) groups excluding carboxylic acids is 1. The number of ether oxygens (including phenoxy) is 10. The summed E-state index contributed by atoms with van der Waals surface area (Å²) in [6, 6.07) is 27.1.